The first-order valence-electron chi connectivity index (χ1n) is 4.85. The van der Waals surface area contributed by atoms with Gasteiger partial charge in [-0.3, -0.25) is 10.1 Å². The summed E-state index contributed by atoms with van der Waals surface area (Å²) >= 11 is 0. The second-order valence-electron chi connectivity index (χ2n) is 3.21. The van der Waals surface area contributed by atoms with Crippen molar-refractivity contribution in [1.82, 2.24) is 9.97 Å². The molecule has 1 heterocycles. The Kier molecular flexibility index (Phi) is 2.63. The van der Waals surface area contributed by atoms with Crippen molar-refractivity contribution in [2.75, 3.05) is 11.9 Å². The molecule has 0 bridgehead atoms. The van der Waals surface area contributed by atoms with E-state index in [1.165, 1.54) is 18.5 Å². The van der Waals surface area contributed by atoms with Crippen LogP contribution in [0.15, 0.2) is 24.5 Å². The second kappa shape index (κ2) is 4.09. The number of non-ortho nitro benzene ring substituents is 1. The smallest absolute Gasteiger partial charge is 0.270 e. The molecule has 0 aliphatic carbocycles. The fourth-order valence-corrected chi connectivity index (χ4v) is 1.47. The zero-order valence-electron chi connectivity index (χ0n) is 8.67. The minimum absolute atomic E-state index is 0.0430. The van der Waals surface area contributed by atoms with Crippen LogP contribution in [0, 0.1) is 10.1 Å². The Bertz CT molecular complexity index is 541. The third kappa shape index (κ3) is 1.77. The number of aromatic nitrogens is 2. The van der Waals surface area contributed by atoms with E-state index in [0.717, 1.165) is 0 Å². The molecule has 2 aromatic rings. The molecular formula is C10H10N4O2. The molecule has 1 aromatic heterocycles. The Balaban J connectivity index is 2.63. The molecule has 0 aliphatic rings. The maximum absolute atomic E-state index is 10.7. The minimum atomic E-state index is -0.428. The van der Waals surface area contributed by atoms with Crippen LogP contribution in [0.3, 0.4) is 0 Å². The molecule has 0 unspecified atom stereocenters. The van der Waals surface area contributed by atoms with Gasteiger partial charge in [0, 0.05) is 24.1 Å². The second-order valence-corrected chi connectivity index (χ2v) is 3.21. The highest BCUT2D eigenvalue weighted by molar-refractivity contribution is 5.90. The SMILES string of the molecule is CCNc1ncnc2ccc([N+](=O)[O-])cc12. The van der Waals surface area contributed by atoms with Gasteiger partial charge in [0.25, 0.3) is 5.69 Å². The number of hydrogen-bond donors (Lipinski definition) is 1. The van der Waals surface area contributed by atoms with Gasteiger partial charge in [-0.25, -0.2) is 9.97 Å². The highest BCUT2D eigenvalue weighted by Crippen LogP contribution is 2.23. The number of rotatable bonds is 3. The molecule has 0 spiro atoms. The fourth-order valence-electron chi connectivity index (χ4n) is 1.47. The van der Waals surface area contributed by atoms with Crippen molar-refractivity contribution in [3.05, 3.63) is 34.6 Å². The standard InChI is InChI=1S/C10H10N4O2/c1-2-11-10-8-5-7(14(15)16)3-4-9(8)12-6-13-10/h3-6H,2H2,1H3,(H,11,12,13). The van der Waals surface area contributed by atoms with Gasteiger partial charge < -0.3 is 5.32 Å². The lowest BCUT2D eigenvalue weighted by Gasteiger charge is -2.05. The van der Waals surface area contributed by atoms with Crippen LogP contribution in [0.25, 0.3) is 10.9 Å². The van der Waals surface area contributed by atoms with Crippen molar-refractivity contribution in [2.45, 2.75) is 6.92 Å². The van der Waals surface area contributed by atoms with E-state index in [2.05, 4.69) is 15.3 Å². The van der Waals surface area contributed by atoms with Crippen molar-refractivity contribution < 1.29 is 4.92 Å². The van der Waals surface area contributed by atoms with Crippen LogP contribution in [0.4, 0.5) is 11.5 Å². The van der Waals surface area contributed by atoms with E-state index < -0.39 is 4.92 Å². The van der Waals surface area contributed by atoms with Gasteiger partial charge in [-0.1, -0.05) is 0 Å². The van der Waals surface area contributed by atoms with Crippen LogP contribution < -0.4 is 5.32 Å². The van der Waals surface area contributed by atoms with Gasteiger partial charge >= 0.3 is 0 Å². The lowest BCUT2D eigenvalue weighted by Crippen LogP contribution is -2.01. The largest absolute Gasteiger partial charge is 0.370 e. The van der Waals surface area contributed by atoms with Crippen molar-refractivity contribution in [2.24, 2.45) is 0 Å². The monoisotopic (exact) mass is 218 g/mol. The Morgan fingerprint density at radius 1 is 1.44 bits per heavy atom. The lowest BCUT2D eigenvalue weighted by atomic mass is 10.2. The third-order valence-corrected chi connectivity index (χ3v) is 2.17. The average Bonchev–Trinajstić information content (AvgIpc) is 2.29. The van der Waals surface area contributed by atoms with Crippen molar-refractivity contribution in [3.63, 3.8) is 0 Å². The van der Waals surface area contributed by atoms with E-state index in [1.807, 2.05) is 6.92 Å². The molecule has 82 valence electrons. The summed E-state index contributed by atoms with van der Waals surface area (Å²) in [5.74, 6) is 0.621. The van der Waals surface area contributed by atoms with Gasteiger partial charge in [-0.05, 0) is 13.0 Å². The molecular weight excluding hydrogens is 208 g/mol. The minimum Gasteiger partial charge on any atom is -0.370 e. The van der Waals surface area contributed by atoms with E-state index in [0.29, 0.717) is 23.3 Å². The van der Waals surface area contributed by atoms with E-state index in [9.17, 15) is 10.1 Å². The fraction of sp³-hybridized carbons (Fsp3) is 0.200. The first-order valence-corrected chi connectivity index (χ1v) is 4.85. The predicted octanol–water partition coefficient (Wildman–Crippen LogP) is 1.97. The molecule has 6 heteroatoms. The highest BCUT2D eigenvalue weighted by Gasteiger charge is 2.09. The molecule has 0 fully saturated rings. The topological polar surface area (TPSA) is 81.0 Å². The molecule has 6 nitrogen and oxygen atoms in total. The number of benzene rings is 1. The number of hydrogen-bond acceptors (Lipinski definition) is 5. The van der Waals surface area contributed by atoms with Crippen molar-refractivity contribution >= 4 is 22.4 Å². The highest BCUT2D eigenvalue weighted by atomic mass is 16.6. The summed E-state index contributed by atoms with van der Waals surface area (Å²) in [6.07, 6.45) is 1.44. The van der Waals surface area contributed by atoms with E-state index in [1.54, 1.807) is 6.07 Å². The van der Waals surface area contributed by atoms with Crippen LogP contribution in [-0.4, -0.2) is 21.4 Å². The molecule has 0 atom stereocenters. The number of nitro groups is 1. The van der Waals surface area contributed by atoms with Crippen LogP contribution in [0.5, 0.6) is 0 Å². The lowest BCUT2D eigenvalue weighted by molar-refractivity contribution is -0.384. The number of fused-ring (bicyclic) bond motifs is 1. The van der Waals surface area contributed by atoms with Crippen LogP contribution in [0.2, 0.25) is 0 Å². The Morgan fingerprint density at radius 2 is 2.25 bits per heavy atom. The zero-order chi connectivity index (χ0) is 11.5. The number of anilines is 1. The first kappa shape index (κ1) is 10.3. The maximum Gasteiger partial charge on any atom is 0.270 e. The Morgan fingerprint density at radius 3 is 2.94 bits per heavy atom. The van der Waals surface area contributed by atoms with Gasteiger partial charge in [0.15, 0.2) is 0 Å². The Hall–Kier alpha value is -2.24. The summed E-state index contributed by atoms with van der Waals surface area (Å²) in [4.78, 5) is 18.3. The van der Waals surface area contributed by atoms with Crippen LogP contribution in [0.1, 0.15) is 6.92 Å². The third-order valence-electron chi connectivity index (χ3n) is 2.17. The molecule has 2 rings (SSSR count). The van der Waals surface area contributed by atoms with Crippen molar-refractivity contribution in [1.29, 1.82) is 0 Å². The van der Waals surface area contributed by atoms with Gasteiger partial charge in [0.1, 0.15) is 12.1 Å². The molecule has 1 aromatic carbocycles. The summed E-state index contributed by atoms with van der Waals surface area (Å²) < 4.78 is 0. The average molecular weight is 218 g/mol. The summed E-state index contributed by atoms with van der Waals surface area (Å²) in [7, 11) is 0. The number of nitrogens with zero attached hydrogens (tertiary/aromatic N) is 3. The molecule has 16 heavy (non-hydrogen) atoms. The number of nitrogens with one attached hydrogen (secondary N) is 1. The summed E-state index contributed by atoms with van der Waals surface area (Å²) in [5.41, 5.74) is 0.734. The number of nitro benzene ring substituents is 1. The van der Waals surface area contributed by atoms with E-state index >= 15 is 0 Å². The Labute approximate surface area is 91.5 Å². The molecule has 0 radical (unpaired) electrons. The predicted molar refractivity (Wildman–Crippen MR) is 60.4 cm³/mol. The zero-order valence-corrected chi connectivity index (χ0v) is 8.67. The first-order chi connectivity index (χ1) is 7.72. The molecule has 0 aliphatic heterocycles. The normalized spacial score (nSPS) is 10.3. The van der Waals surface area contributed by atoms with Gasteiger partial charge in [0.2, 0.25) is 0 Å². The van der Waals surface area contributed by atoms with Crippen molar-refractivity contribution in [3.8, 4) is 0 Å². The van der Waals surface area contributed by atoms with Gasteiger partial charge in [-0.15, -0.1) is 0 Å². The summed E-state index contributed by atoms with van der Waals surface area (Å²) in [5, 5.41) is 14.4. The quantitative estimate of drug-likeness (QED) is 0.629. The van der Waals surface area contributed by atoms with Crippen LogP contribution in [-0.2, 0) is 0 Å². The molecule has 0 saturated heterocycles. The van der Waals surface area contributed by atoms with Crippen LogP contribution >= 0.6 is 0 Å². The van der Waals surface area contributed by atoms with Gasteiger partial charge in [0.05, 0.1) is 10.4 Å². The molecule has 0 amide bonds. The molecule has 1 N–H and O–H groups in total. The maximum atomic E-state index is 10.7. The van der Waals surface area contributed by atoms with Gasteiger partial charge in [-0.2, -0.15) is 0 Å². The summed E-state index contributed by atoms with van der Waals surface area (Å²) in [6, 6.07) is 4.54. The van der Waals surface area contributed by atoms with E-state index in [4.69, 9.17) is 0 Å². The van der Waals surface area contributed by atoms with E-state index in [-0.39, 0.29) is 5.69 Å². The summed E-state index contributed by atoms with van der Waals surface area (Å²) in [6.45, 7) is 2.64. The molecule has 0 saturated carbocycles.